The van der Waals surface area contributed by atoms with Gasteiger partial charge in [0.2, 0.25) is 5.88 Å². The Morgan fingerprint density at radius 2 is 2.07 bits per heavy atom. The smallest absolute Gasteiger partial charge is 0.218 e. The lowest BCUT2D eigenvalue weighted by molar-refractivity contribution is 0.0642. The molecule has 1 fully saturated rings. The molecule has 0 atom stereocenters. The second kappa shape index (κ2) is 8.11. The second-order valence-electron chi connectivity index (χ2n) is 6.68. The number of hydrogen-bond acceptors (Lipinski definition) is 5. The zero-order valence-corrected chi connectivity index (χ0v) is 15.6. The maximum Gasteiger partial charge on any atom is 0.218 e. The molecule has 1 aliphatic rings. The van der Waals surface area contributed by atoms with Gasteiger partial charge in [-0.05, 0) is 38.0 Å². The molecule has 0 spiro atoms. The van der Waals surface area contributed by atoms with E-state index in [1.165, 1.54) is 0 Å². The van der Waals surface area contributed by atoms with Crippen LogP contribution in [0.4, 0.5) is 17.2 Å². The average Bonchev–Trinajstić information content (AvgIpc) is 3.09. The summed E-state index contributed by atoms with van der Waals surface area (Å²) in [5.41, 5.74) is 2.30. The quantitative estimate of drug-likeness (QED) is 0.634. The molecule has 0 radical (unpaired) electrons. The third kappa shape index (κ3) is 4.13. The van der Waals surface area contributed by atoms with Crippen molar-refractivity contribution < 1.29 is 9.47 Å². The summed E-state index contributed by atoms with van der Waals surface area (Å²) in [7, 11) is 0. The van der Waals surface area contributed by atoms with E-state index in [1.54, 1.807) is 18.3 Å². The van der Waals surface area contributed by atoms with E-state index in [2.05, 4.69) is 20.2 Å². The van der Waals surface area contributed by atoms with Crippen molar-refractivity contribution in [2.75, 3.05) is 18.5 Å². The monoisotopic (exact) mass is 375 g/mol. The van der Waals surface area contributed by atoms with Gasteiger partial charge in [0, 0.05) is 37.2 Å². The lowest BCUT2D eigenvalue weighted by atomic mass is 10.1. The summed E-state index contributed by atoms with van der Waals surface area (Å²) in [5.74, 6) is 2.04. The molecule has 0 aliphatic carbocycles. The van der Waals surface area contributed by atoms with Gasteiger partial charge in [-0.25, -0.2) is 14.5 Å². The highest BCUT2D eigenvalue weighted by molar-refractivity contribution is 5.63. The van der Waals surface area contributed by atoms with Crippen LogP contribution in [0.25, 0.3) is 4.85 Å². The third-order valence-corrected chi connectivity index (χ3v) is 4.56. The van der Waals surface area contributed by atoms with Crippen molar-refractivity contribution in [3.8, 4) is 11.6 Å². The van der Waals surface area contributed by atoms with Crippen molar-refractivity contribution in [1.82, 2.24) is 14.8 Å². The number of nitrogens with zero attached hydrogens (tertiary/aromatic N) is 4. The molecular formula is C21H21N5O2. The molecule has 0 amide bonds. The Bertz CT molecular complexity index is 1000. The Morgan fingerprint density at radius 3 is 2.89 bits per heavy atom. The highest BCUT2D eigenvalue weighted by Crippen LogP contribution is 2.31. The first-order chi connectivity index (χ1) is 13.7. The first-order valence-corrected chi connectivity index (χ1v) is 9.23. The molecule has 1 aromatic carbocycles. The molecule has 1 saturated heterocycles. The lowest BCUT2D eigenvalue weighted by Gasteiger charge is -2.23. The number of rotatable bonds is 5. The Morgan fingerprint density at radius 1 is 1.21 bits per heavy atom. The van der Waals surface area contributed by atoms with E-state index >= 15 is 0 Å². The fourth-order valence-corrected chi connectivity index (χ4v) is 3.23. The minimum atomic E-state index is 0.285. The minimum Gasteiger partial charge on any atom is -0.439 e. The standard InChI is InChI=1S/C21H21N5O2/c1-15-12-21(26(25-15)18-7-10-27-11-8-18)28-19-6-9-23-20(14-19)24-17-5-3-4-16(13-17)22-2/h3-6,9,12-14,18H,7-8,10-11H2,1H3,(H,23,24). The number of anilines is 2. The molecule has 142 valence electrons. The summed E-state index contributed by atoms with van der Waals surface area (Å²) in [6, 6.07) is 13.2. The number of nitrogens with one attached hydrogen (secondary N) is 1. The predicted molar refractivity (Wildman–Crippen MR) is 106 cm³/mol. The van der Waals surface area contributed by atoms with Gasteiger partial charge < -0.3 is 14.8 Å². The number of aryl methyl sites for hydroxylation is 1. The largest absolute Gasteiger partial charge is 0.439 e. The number of pyridine rings is 1. The van der Waals surface area contributed by atoms with E-state index < -0.39 is 0 Å². The van der Waals surface area contributed by atoms with Crippen molar-refractivity contribution in [3.05, 3.63) is 65.8 Å². The van der Waals surface area contributed by atoms with Crippen molar-refractivity contribution in [3.63, 3.8) is 0 Å². The summed E-state index contributed by atoms with van der Waals surface area (Å²) >= 11 is 0. The molecule has 0 unspecified atom stereocenters. The lowest BCUT2D eigenvalue weighted by Crippen LogP contribution is -2.21. The molecule has 3 aromatic rings. The Hall–Kier alpha value is -3.37. The zero-order valence-electron chi connectivity index (χ0n) is 15.6. The fraction of sp³-hybridized carbons (Fsp3) is 0.286. The molecule has 2 aromatic heterocycles. The topological polar surface area (TPSA) is 65.6 Å². The van der Waals surface area contributed by atoms with E-state index in [0.29, 0.717) is 17.3 Å². The summed E-state index contributed by atoms with van der Waals surface area (Å²) in [6.45, 7) is 10.6. The van der Waals surface area contributed by atoms with Crippen molar-refractivity contribution in [2.24, 2.45) is 0 Å². The SMILES string of the molecule is [C-]#[N+]c1cccc(Nc2cc(Oc3cc(C)nn3C3CCOCC3)ccn2)c1. The molecule has 0 bridgehead atoms. The van der Waals surface area contributed by atoms with Gasteiger partial charge >= 0.3 is 0 Å². The van der Waals surface area contributed by atoms with Crippen LogP contribution in [0.15, 0.2) is 48.7 Å². The van der Waals surface area contributed by atoms with Crippen LogP contribution in [0.3, 0.4) is 0 Å². The van der Waals surface area contributed by atoms with Gasteiger partial charge in [0.05, 0.1) is 18.3 Å². The number of benzene rings is 1. The van der Waals surface area contributed by atoms with Crippen LogP contribution in [-0.4, -0.2) is 28.0 Å². The molecule has 1 aliphatic heterocycles. The van der Waals surface area contributed by atoms with E-state index in [9.17, 15) is 0 Å². The van der Waals surface area contributed by atoms with Crippen molar-refractivity contribution in [2.45, 2.75) is 25.8 Å². The van der Waals surface area contributed by atoms with Gasteiger partial charge in [-0.3, -0.25) is 0 Å². The Labute approximate surface area is 163 Å². The molecule has 4 rings (SSSR count). The van der Waals surface area contributed by atoms with Crippen molar-refractivity contribution in [1.29, 1.82) is 0 Å². The molecule has 7 heteroatoms. The van der Waals surface area contributed by atoms with Gasteiger partial charge in [-0.2, -0.15) is 5.10 Å². The van der Waals surface area contributed by atoms with Gasteiger partial charge in [0.1, 0.15) is 11.6 Å². The molecule has 7 nitrogen and oxygen atoms in total. The van der Waals surface area contributed by atoms with Crippen LogP contribution in [0, 0.1) is 13.5 Å². The normalized spacial score (nSPS) is 14.4. The fourth-order valence-electron chi connectivity index (χ4n) is 3.23. The third-order valence-electron chi connectivity index (χ3n) is 4.56. The zero-order chi connectivity index (χ0) is 19.3. The van der Waals surface area contributed by atoms with Crippen molar-refractivity contribution >= 4 is 17.2 Å². The van der Waals surface area contributed by atoms with Crippen LogP contribution >= 0.6 is 0 Å². The molecule has 1 N–H and O–H groups in total. The van der Waals surface area contributed by atoms with Gasteiger partial charge in [0.15, 0.2) is 5.69 Å². The van der Waals surface area contributed by atoms with Gasteiger partial charge in [0.25, 0.3) is 0 Å². The van der Waals surface area contributed by atoms with E-state index in [-0.39, 0.29) is 6.04 Å². The van der Waals surface area contributed by atoms with Crippen LogP contribution in [0.5, 0.6) is 11.6 Å². The molecular weight excluding hydrogens is 354 g/mol. The maximum absolute atomic E-state index is 7.13. The number of aromatic nitrogens is 3. The first-order valence-electron chi connectivity index (χ1n) is 9.23. The Balaban J connectivity index is 1.53. The predicted octanol–water partition coefficient (Wildman–Crippen LogP) is 5.02. The van der Waals surface area contributed by atoms with Crippen LogP contribution in [-0.2, 0) is 4.74 Å². The van der Waals surface area contributed by atoms with E-state index in [4.69, 9.17) is 16.0 Å². The second-order valence-corrected chi connectivity index (χ2v) is 6.68. The van der Waals surface area contributed by atoms with Crippen LogP contribution in [0.2, 0.25) is 0 Å². The summed E-state index contributed by atoms with van der Waals surface area (Å²) < 4.78 is 13.6. The van der Waals surface area contributed by atoms with Gasteiger partial charge in [-0.15, -0.1) is 0 Å². The molecule has 28 heavy (non-hydrogen) atoms. The number of ether oxygens (including phenoxy) is 2. The van der Waals surface area contributed by atoms with E-state index in [0.717, 1.165) is 43.3 Å². The highest BCUT2D eigenvalue weighted by atomic mass is 16.5. The van der Waals surface area contributed by atoms with E-state index in [1.807, 2.05) is 41.9 Å². The van der Waals surface area contributed by atoms with Gasteiger partial charge in [-0.1, -0.05) is 12.1 Å². The number of hydrogen-bond donors (Lipinski definition) is 1. The highest BCUT2D eigenvalue weighted by Gasteiger charge is 2.21. The first kappa shape index (κ1) is 18.0. The summed E-state index contributed by atoms with van der Waals surface area (Å²) in [6.07, 6.45) is 3.55. The van der Waals surface area contributed by atoms with Crippen LogP contribution in [0.1, 0.15) is 24.6 Å². The summed E-state index contributed by atoms with van der Waals surface area (Å²) in [5, 5.41) is 7.83. The average molecular weight is 375 g/mol. The molecule has 3 heterocycles. The Kier molecular flexibility index (Phi) is 5.22. The minimum absolute atomic E-state index is 0.285. The van der Waals surface area contributed by atoms with Crippen LogP contribution < -0.4 is 10.1 Å². The maximum atomic E-state index is 7.13. The summed E-state index contributed by atoms with van der Waals surface area (Å²) in [4.78, 5) is 7.79. The molecule has 0 saturated carbocycles.